The molecule has 1 amide bonds. The third-order valence-corrected chi connectivity index (χ3v) is 6.48. The van der Waals surface area contributed by atoms with E-state index in [9.17, 15) is 4.79 Å². The van der Waals surface area contributed by atoms with Gasteiger partial charge in [0, 0.05) is 56.0 Å². The van der Waals surface area contributed by atoms with Crippen LogP contribution in [-0.4, -0.2) is 62.9 Å². The van der Waals surface area contributed by atoms with Crippen LogP contribution in [0.25, 0.3) is 5.52 Å². The SMILES string of the molecule is O=C(NCC1CNC1)C1CCCN1c1nc(Nc2cc(C3CC3)[nH]n2)c2cccn2n1. The van der Waals surface area contributed by atoms with E-state index < -0.39 is 0 Å². The van der Waals surface area contributed by atoms with Crippen LogP contribution in [0.15, 0.2) is 24.4 Å². The topological polar surface area (TPSA) is 115 Å². The van der Waals surface area contributed by atoms with Crippen LogP contribution >= 0.6 is 0 Å². The number of amides is 1. The summed E-state index contributed by atoms with van der Waals surface area (Å²) in [5, 5.41) is 21.9. The van der Waals surface area contributed by atoms with Crippen molar-refractivity contribution in [2.45, 2.75) is 37.6 Å². The highest BCUT2D eigenvalue weighted by atomic mass is 16.2. The standard InChI is InChI=1S/C21H27N9O/c31-20(23-12-13-10-22-11-13)17-4-1-7-29(17)21-25-19(16-3-2-8-30(16)28-21)24-18-9-15(26-27-18)14-5-6-14/h2-3,8-9,13-14,17,22H,1,4-7,10-12H2,(H,23,31)(H2,24,25,26,27,28). The molecule has 1 aliphatic carbocycles. The summed E-state index contributed by atoms with van der Waals surface area (Å²) in [5.74, 6) is 3.21. The molecule has 0 radical (unpaired) electrons. The van der Waals surface area contributed by atoms with E-state index in [1.54, 1.807) is 0 Å². The van der Waals surface area contributed by atoms with Gasteiger partial charge in [-0.15, -0.1) is 5.10 Å². The lowest BCUT2D eigenvalue weighted by molar-refractivity contribution is -0.122. The number of nitrogens with one attached hydrogen (secondary N) is 4. The minimum atomic E-state index is -0.235. The van der Waals surface area contributed by atoms with Gasteiger partial charge in [0.05, 0.1) is 0 Å². The van der Waals surface area contributed by atoms with Gasteiger partial charge in [0.25, 0.3) is 0 Å². The Bertz CT molecular complexity index is 1100. The van der Waals surface area contributed by atoms with Gasteiger partial charge in [0.1, 0.15) is 11.6 Å². The van der Waals surface area contributed by atoms with Crippen LogP contribution in [0.3, 0.4) is 0 Å². The zero-order valence-corrected chi connectivity index (χ0v) is 17.3. The van der Waals surface area contributed by atoms with Crippen LogP contribution in [0, 0.1) is 5.92 Å². The molecule has 4 N–H and O–H groups in total. The summed E-state index contributed by atoms with van der Waals surface area (Å²) in [6.07, 6.45) is 6.11. The number of hydrogen-bond donors (Lipinski definition) is 4. The Balaban J connectivity index is 1.25. The number of aromatic nitrogens is 5. The molecule has 2 saturated heterocycles. The highest BCUT2D eigenvalue weighted by Gasteiger charge is 2.34. The third-order valence-electron chi connectivity index (χ3n) is 6.48. The highest BCUT2D eigenvalue weighted by Crippen LogP contribution is 2.39. The monoisotopic (exact) mass is 421 g/mol. The fourth-order valence-corrected chi connectivity index (χ4v) is 4.40. The summed E-state index contributed by atoms with van der Waals surface area (Å²) in [6.45, 7) is 3.45. The second-order valence-corrected chi connectivity index (χ2v) is 8.83. The van der Waals surface area contributed by atoms with Crippen LogP contribution in [0.1, 0.15) is 37.3 Å². The Morgan fingerprint density at radius 3 is 2.97 bits per heavy atom. The van der Waals surface area contributed by atoms with Crippen molar-refractivity contribution in [2.75, 3.05) is 36.4 Å². The summed E-state index contributed by atoms with van der Waals surface area (Å²) in [5.41, 5.74) is 2.04. The molecule has 5 heterocycles. The zero-order valence-electron chi connectivity index (χ0n) is 17.3. The first-order valence-corrected chi connectivity index (χ1v) is 11.2. The highest BCUT2D eigenvalue weighted by molar-refractivity contribution is 5.85. The van der Waals surface area contributed by atoms with Gasteiger partial charge in [-0.05, 0) is 37.8 Å². The van der Waals surface area contributed by atoms with Gasteiger partial charge in [-0.25, -0.2) is 4.52 Å². The molecule has 3 aromatic heterocycles. The van der Waals surface area contributed by atoms with Crippen LogP contribution in [0.4, 0.5) is 17.6 Å². The summed E-state index contributed by atoms with van der Waals surface area (Å²) in [7, 11) is 0. The first kappa shape index (κ1) is 18.6. The van der Waals surface area contributed by atoms with Crippen molar-refractivity contribution in [1.82, 2.24) is 35.4 Å². The van der Waals surface area contributed by atoms with Crippen LogP contribution < -0.4 is 20.9 Å². The molecule has 31 heavy (non-hydrogen) atoms. The molecule has 1 atom stereocenters. The maximum Gasteiger partial charge on any atom is 0.246 e. The van der Waals surface area contributed by atoms with E-state index in [0.29, 0.717) is 23.6 Å². The average molecular weight is 422 g/mol. The summed E-state index contributed by atoms with van der Waals surface area (Å²) < 4.78 is 1.81. The quantitative estimate of drug-likeness (QED) is 0.456. The van der Waals surface area contributed by atoms with Crippen molar-refractivity contribution in [3.8, 4) is 0 Å². The Morgan fingerprint density at radius 1 is 1.26 bits per heavy atom. The van der Waals surface area contributed by atoms with Crippen molar-refractivity contribution in [3.63, 3.8) is 0 Å². The molecule has 0 spiro atoms. The van der Waals surface area contributed by atoms with Gasteiger partial charge in [-0.2, -0.15) is 10.1 Å². The molecule has 3 aliphatic rings. The number of nitrogens with zero attached hydrogens (tertiary/aromatic N) is 5. The summed E-state index contributed by atoms with van der Waals surface area (Å²) >= 11 is 0. The molecule has 0 bridgehead atoms. The zero-order chi connectivity index (χ0) is 20.8. The summed E-state index contributed by atoms with van der Waals surface area (Å²) in [4.78, 5) is 19.7. The Morgan fingerprint density at radius 2 is 2.16 bits per heavy atom. The first-order valence-electron chi connectivity index (χ1n) is 11.2. The van der Waals surface area contributed by atoms with Crippen LogP contribution in [0.5, 0.6) is 0 Å². The first-order chi connectivity index (χ1) is 15.2. The number of anilines is 3. The number of rotatable bonds is 7. The second-order valence-electron chi connectivity index (χ2n) is 8.83. The van der Waals surface area contributed by atoms with E-state index in [1.165, 1.54) is 18.5 Å². The largest absolute Gasteiger partial charge is 0.354 e. The number of carbonyl (C=O) groups is 1. The fourth-order valence-electron chi connectivity index (χ4n) is 4.40. The van der Waals surface area contributed by atoms with Crippen molar-refractivity contribution in [3.05, 3.63) is 30.1 Å². The third kappa shape index (κ3) is 3.60. The van der Waals surface area contributed by atoms with E-state index >= 15 is 0 Å². The number of H-pyrrole nitrogens is 1. The Hall–Kier alpha value is -3.14. The molecular weight excluding hydrogens is 394 g/mol. The van der Waals surface area contributed by atoms with E-state index in [4.69, 9.17) is 10.1 Å². The van der Waals surface area contributed by atoms with Crippen LogP contribution in [-0.2, 0) is 4.79 Å². The number of fused-ring (bicyclic) bond motifs is 1. The van der Waals surface area contributed by atoms with Gasteiger partial charge in [0.2, 0.25) is 11.9 Å². The molecule has 2 aliphatic heterocycles. The molecule has 10 nitrogen and oxygen atoms in total. The lowest BCUT2D eigenvalue weighted by Crippen LogP contribution is -2.51. The maximum absolute atomic E-state index is 12.9. The number of aromatic amines is 1. The second kappa shape index (κ2) is 7.52. The Labute approximate surface area is 179 Å². The van der Waals surface area contributed by atoms with Crippen molar-refractivity contribution in [1.29, 1.82) is 0 Å². The predicted octanol–water partition coefficient (Wildman–Crippen LogP) is 1.38. The molecule has 0 aromatic carbocycles. The Kier molecular flexibility index (Phi) is 4.52. The van der Waals surface area contributed by atoms with E-state index in [2.05, 4.69) is 32.2 Å². The molecule has 3 fully saturated rings. The smallest absolute Gasteiger partial charge is 0.246 e. The minimum absolute atomic E-state index is 0.0662. The van der Waals surface area contributed by atoms with Crippen molar-refractivity contribution in [2.24, 2.45) is 5.92 Å². The number of hydrogen-bond acceptors (Lipinski definition) is 7. The minimum Gasteiger partial charge on any atom is -0.354 e. The van der Waals surface area contributed by atoms with E-state index in [0.717, 1.165) is 50.4 Å². The average Bonchev–Trinajstić information content (AvgIpc) is 3.13. The molecule has 162 valence electrons. The molecule has 1 saturated carbocycles. The number of carbonyl (C=O) groups excluding carboxylic acids is 1. The van der Waals surface area contributed by atoms with Gasteiger partial charge < -0.3 is 20.9 Å². The van der Waals surface area contributed by atoms with E-state index in [-0.39, 0.29) is 11.9 Å². The summed E-state index contributed by atoms with van der Waals surface area (Å²) in [6, 6.07) is 5.74. The molecular formula is C21H27N9O. The maximum atomic E-state index is 12.9. The molecule has 1 unspecified atom stereocenters. The fraction of sp³-hybridized carbons (Fsp3) is 0.524. The lowest BCUT2D eigenvalue weighted by Gasteiger charge is -2.29. The lowest BCUT2D eigenvalue weighted by atomic mass is 10.0. The van der Waals surface area contributed by atoms with Crippen LogP contribution in [0.2, 0.25) is 0 Å². The molecule has 10 heteroatoms. The molecule has 3 aromatic rings. The van der Waals surface area contributed by atoms with Gasteiger partial charge in [0.15, 0.2) is 11.6 Å². The van der Waals surface area contributed by atoms with Crippen molar-refractivity contribution >= 4 is 29.0 Å². The van der Waals surface area contributed by atoms with Gasteiger partial charge in [-0.1, -0.05) is 0 Å². The van der Waals surface area contributed by atoms with Crippen molar-refractivity contribution < 1.29 is 4.79 Å². The predicted molar refractivity (Wildman–Crippen MR) is 117 cm³/mol. The van der Waals surface area contributed by atoms with Gasteiger partial charge in [-0.3, -0.25) is 9.89 Å². The van der Waals surface area contributed by atoms with Gasteiger partial charge >= 0.3 is 0 Å². The normalized spacial score (nSPS) is 21.4. The van der Waals surface area contributed by atoms with E-state index in [1.807, 2.05) is 27.7 Å². The molecule has 6 rings (SSSR count).